The fourth-order valence-corrected chi connectivity index (χ4v) is 1.33. The maximum Gasteiger partial charge on any atom is 0.137 e. The van der Waals surface area contributed by atoms with Crippen molar-refractivity contribution in [2.24, 2.45) is 0 Å². The summed E-state index contributed by atoms with van der Waals surface area (Å²) < 4.78 is 0. The van der Waals surface area contributed by atoms with Crippen LogP contribution in [0.5, 0.6) is 0 Å². The second kappa shape index (κ2) is 5.85. The van der Waals surface area contributed by atoms with Gasteiger partial charge < -0.3 is 4.98 Å². The third-order valence-electron chi connectivity index (χ3n) is 1.85. The molecule has 3 heteroatoms. The van der Waals surface area contributed by atoms with E-state index in [9.17, 15) is 4.79 Å². The monoisotopic (exact) mass is 216 g/mol. The number of rotatable bonds is 2. The molecule has 1 heterocycles. The summed E-state index contributed by atoms with van der Waals surface area (Å²) in [5.74, 6) is 0.868. The van der Waals surface area contributed by atoms with Gasteiger partial charge in [0.1, 0.15) is 11.6 Å². The number of para-hydroxylation sites is 2. The smallest absolute Gasteiger partial charge is 0.137 e. The number of aromatic amines is 1. The Morgan fingerprint density at radius 1 is 1.50 bits per heavy atom. The first-order valence-electron chi connectivity index (χ1n) is 5.17. The van der Waals surface area contributed by atoms with Crippen LogP contribution in [0.15, 0.2) is 36.9 Å². The molecule has 0 amide bonds. The van der Waals surface area contributed by atoms with Crippen LogP contribution in [0.2, 0.25) is 0 Å². The van der Waals surface area contributed by atoms with Gasteiger partial charge in [-0.25, -0.2) is 4.98 Å². The fourth-order valence-electron chi connectivity index (χ4n) is 1.33. The third kappa shape index (κ3) is 3.35. The van der Waals surface area contributed by atoms with Gasteiger partial charge in [0.2, 0.25) is 0 Å². The highest BCUT2D eigenvalue weighted by molar-refractivity contribution is 5.80. The summed E-state index contributed by atoms with van der Waals surface area (Å²) >= 11 is 0. The van der Waals surface area contributed by atoms with Gasteiger partial charge in [-0.1, -0.05) is 18.2 Å². The molecule has 0 bridgehead atoms. The van der Waals surface area contributed by atoms with Crippen molar-refractivity contribution in [2.75, 3.05) is 0 Å². The minimum Gasteiger partial charge on any atom is -0.342 e. The summed E-state index contributed by atoms with van der Waals surface area (Å²) in [5.41, 5.74) is 1.90. The van der Waals surface area contributed by atoms with E-state index < -0.39 is 0 Å². The van der Waals surface area contributed by atoms with Gasteiger partial charge in [0.25, 0.3) is 0 Å². The van der Waals surface area contributed by atoms with Crippen molar-refractivity contribution < 1.29 is 4.79 Å². The molecule has 2 aromatic rings. The second-order valence-electron chi connectivity index (χ2n) is 3.49. The Balaban J connectivity index is 0.000000386. The number of carbonyl (C=O) groups is 1. The number of nitrogens with one attached hydrogen (secondary N) is 1. The first-order chi connectivity index (χ1) is 7.67. The fraction of sp³-hybridized carbons (Fsp3) is 0.231. The predicted octanol–water partition coefficient (Wildman–Crippen LogP) is 2.89. The number of ketones is 1. The Morgan fingerprint density at radius 3 is 2.69 bits per heavy atom. The van der Waals surface area contributed by atoms with Crippen molar-refractivity contribution >= 4 is 16.8 Å². The highest BCUT2D eigenvalue weighted by Crippen LogP contribution is 2.10. The number of nitrogens with zero attached hydrogens (tertiary/aromatic N) is 1. The lowest BCUT2D eigenvalue weighted by molar-refractivity contribution is -0.116. The van der Waals surface area contributed by atoms with Gasteiger partial charge in [0, 0.05) is 0 Å². The molecule has 0 radical (unpaired) electrons. The molecule has 1 N–H and O–H groups in total. The number of hydrogen-bond acceptors (Lipinski definition) is 2. The Bertz CT molecular complexity index is 452. The number of fused-ring (bicyclic) bond motifs is 1. The van der Waals surface area contributed by atoms with E-state index in [0.717, 1.165) is 16.9 Å². The summed E-state index contributed by atoms with van der Waals surface area (Å²) in [6, 6.07) is 7.75. The van der Waals surface area contributed by atoms with E-state index in [1.54, 1.807) is 13.0 Å². The molecule has 0 aliphatic rings. The van der Waals surface area contributed by atoms with E-state index in [1.807, 2.05) is 31.2 Å². The number of Topliss-reactive ketones (excluding diaryl/α,β-unsaturated/α-hetero) is 1. The predicted molar refractivity (Wildman–Crippen MR) is 66.3 cm³/mol. The maximum absolute atomic E-state index is 10.8. The highest BCUT2D eigenvalue weighted by atomic mass is 16.1. The summed E-state index contributed by atoms with van der Waals surface area (Å²) in [6.07, 6.45) is 2.13. The topological polar surface area (TPSA) is 45.8 Å². The SMILES string of the molecule is C=CC.CC(=O)Cc1nc2ccccc2[nH]1. The lowest BCUT2D eigenvalue weighted by Crippen LogP contribution is -1.97. The molecule has 3 nitrogen and oxygen atoms in total. The summed E-state index contributed by atoms with van der Waals surface area (Å²) in [7, 11) is 0. The molecule has 0 atom stereocenters. The number of carbonyl (C=O) groups excluding carboxylic acids is 1. The first-order valence-corrected chi connectivity index (χ1v) is 5.17. The zero-order valence-electron chi connectivity index (χ0n) is 9.66. The molecule has 16 heavy (non-hydrogen) atoms. The Morgan fingerprint density at radius 2 is 2.12 bits per heavy atom. The Kier molecular flexibility index (Phi) is 4.45. The molecule has 1 aromatic carbocycles. The van der Waals surface area contributed by atoms with Crippen LogP contribution < -0.4 is 0 Å². The molecule has 0 saturated heterocycles. The van der Waals surface area contributed by atoms with E-state index in [-0.39, 0.29) is 5.78 Å². The van der Waals surface area contributed by atoms with Gasteiger partial charge in [-0.2, -0.15) is 0 Å². The Hall–Kier alpha value is -1.90. The number of benzene rings is 1. The number of hydrogen-bond donors (Lipinski definition) is 1. The molecule has 84 valence electrons. The summed E-state index contributed by atoms with van der Waals surface area (Å²) in [6.45, 7) is 6.81. The second-order valence-corrected chi connectivity index (χ2v) is 3.49. The van der Waals surface area contributed by atoms with Crippen LogP contribution >= 0.6 is 0 Å². The minimum absolute atomic E-state index is 0.124. The zero-order chi connectivity index (χ0) is 12.0. The number of aromatic nitrogens is 2. The molecular weight excluding hydrogens is 200 g/mol. The van der Waals surface area contributed by atoms with Crippen molar-refractivity contribution in [3.63, 3.8) is 0 Å². The molecule has 1 aromatic heterocycles. The lowest BCUT2D eigenvalue weighted by Gasteiger charge is -1.87. The van der Waals surface area contributed by atoms with Gasteiger partial charge >= 0.3 is 0 Å². The maximum atomic E-state index is 10.8. The van der Waals surface area contributed by atoms with Gasteiger partial charge in [0.05, 0.1) is 17.5 Å². The number of H-pyrrole nitrogens is 1. The minimum atomic E-state index is 0.124. The summed E-state index contributed by atoms with van der Waals surface area (Å²) in [5, 5.41) is 0. The van der Waals surface area contributed by atoms with Crippen LogP contribution in [-0.4, -0.2) is 15.8 Å². The van der Waals surface area contributed by atoms with Crippen LogP contribution in [-0.2, 0) is 11.2 Å². The molecule has 2 rings (SSSR count). The van der Waals surface area contributed by atoms with Crippen LogP contribution in [0.4, 0.5) is 0 Å². The number of allylic oxidation sites excluding steroid dienone is 1. The van der Waals surface area contributed by atoms with Crippen LogP contribution in [0.1, 0.15) is 19.7 Å². The van der Waals surface area contributed by atoms with Crippen molar-refractivity contribution in [3.8, 4) is 0 Å². The molecule has 0 saturated carbocycles. The summed E-state index contributed by atoms with van der Waals surface area (Å²) in [4.78, 5) is 18.2. The Labute approximate surface area is 95.2 Å². The van der Waals surface area contributed by atoms with Crippen LogP contribution in [0, 0.1) is 0 Å². The van der Waals surface area contributed by atoms with Gasteiger partial charge in [-0.15, -0.1) is 6.58 Å². The normalized spacial score (nSPS) is 9.38. The van der Waals surface area contributed by atoms with E-state index in [4.69, 9.17) is 0 Å². The van der Waals surface area contributed by atoms with Crippen LogP contribution in [0.25, 0.3) is 11.0 Å². The quantitative estimate of drug-likeness (QED) is 0.784. The van der Waals surface area contributed by atoms with Crippen molar-refractivity contribution in [1.82, 2.24) is 9.97 Å². The molecule has 0 fully saturated rings. The van der Waals surface area contributed by atoms with Crippen molar-refractivity contribution in [2.45, 2.75) is 20.3 Å². The third-order valence-corrected chi connectivity index (χ3v) is 1.85. The standard InChI is InChI=1S/C10H10N2O.C3H6/c1-7(13)6-10-11-8-4-2-3-5-9(8)12-10;1-3-2/h2-5H,6H2,1H3,(H,11,12);3H,1H2,2H3. The van der Waals surface area contributed by atoms with Gasteiger partial charge in [0.15, 0.2) is 0 Å². The molecule has 0 spiro atoms. The van der Waals surface area contributed by atoms with E-state index in [0.29, 0.717) is 6.42 Å². The molecule has 0 unspecified atom stereocenters. The highest BCUT2D eigenvalue weighted by Gasteiger charge is 2.03. The average Bonchev–Trinajstić information content (AvgIpc) is 2.59. The van der Waals surface area contributed by atoms with E-state index in [2.05, 4.69) is 16.5 Å². The molecule has 0 aliphatic heterocycles. The van der Waals surface area contributed by atoms with E-state index >= 15 is 0 Å². The average molecular weight is 216 g/mol. The first kappa shape index (κ1) is 12.2. The largest absolute Gasteiger partial charge is 0.342 e. The van der Waals surface area contributed by atoms with Gasteiger partial charge in [-0.3, -0.25) is 4.79 Å². The van der Waals surface area contributed by atoms with E-state index in [1.165, 1.54) is 0 Å². The van der Waals surface area contributed by atoms with Gasteiger partial charge in [-0.05, 0) is 26.0 Å². The molecule has 0 aliphatic carbocycles. The molecular formula is C13H16N2O. The number of imidazole rings is 1. The lowest BCUT2D eigenvalue weighted by atomic mass is 10.3. The zero-order valence-corrected chi connectivity index (χ0v) is 9.66. The van der Waals surface area contributed by atoms with Crippen molar-refractivity contribution in [1.29, 1.82) is 0 Å². The van der Waals surface area contributed by atoms with Crippen LogP contribution in [0.3, 0.4) is 0 Å². The van der Waals surface area contributed by atoms with Crippen molar-refractivity contribution in [3.05, 3.63) is 42.7 Å².